The summed E-state index contributed by atoms with van der Waals surface area (Å²) in [6, 6.07) is 8.56. The SMILES string of the molecule is CCCN(CCNC1CCCN(Cc2ccccc2Cl)CC1)C1=NC=C(C(=O)NC)CC=C1O. The number of aliphatic hydroxyl groups is 1. The van der Waals surface area contributed by atoms with Crippen molar-refractivity contribution >= 4 is 23.3 Å². The Bertz CT molecular complexity index is 914. The van der Waals surface area contributed by atoms with Crippen LogP contribution < -0.4 is 10.6 Å². The molecule has 0 spiro atoms. The molecule has 3 rings (SSSR count). The Morgan fingerprint density at radius 1 is 1.26 bits per heavy atom. The van der Waals surface area contributed by atoms with Gasteiger partial charge in [-0.3, -0.25) is 9.69 Å². The summed E-state index contributed by atoms with van der Waals surface area (Å²) >= 11 is 6.35. The molecule has 0 radical (unpaired) electrons. The van der Waals surface area contributed by atoms with Gasteiger partial charge >= 0.3 is 0 Å². The third kappa shape index (κ3) is 7.58. The van der Waals surface area contributed by atoms with Crippen LogP contribution in [0.2, 0.25) is 5.02 Å². The van der Waals surface area contributed by atoms with Gasteiger partial charge in [-0.25, -0.2) is 4.99 Å². The van der Waals surface area contributed by atoms with Gasteiger partial charge in [-0.2, -0.15) is 0 Å². The van der Waals surface area contributed by atoms with Gasteiger partial charge in [0, 0.05) is 62.5 Å². The van der Waals surface area contributed by atoms with Crippen molar-refractivity contribution in [3.63, 3.8) is 0 Å². The molecule has 3 N–H and O–H groups in total. The second-order valence-corrected chi connectivity index (χ2v) is 9.32. The van der Waals surface area contributed by atoms with E-state index in [1.54, 1.807) is 19.3 Å². The molecule has 1 atom stereocenters. The largest absolute Gasteiger partial charge is 0.504 e. The highest BCUT2D eigenvalue weighted by molar-refractivity contribution is 6.31. The van der Waals surface area contributed by atoms with Crippen molar-refractivity contribution in [2.24, 2.45) is 4.99 Å². The number of aliphatic imine (C=N–C) groups is 1. The number of nitrogens with one attached hydrogen (secondary N) is 2. The van der Waals surface area contributed by atoms with Crippen molar-refractivity contribution in [1.82, 2.24) is 20.4 Å². The topological polar surface area (TPSA) is 80.2 Å². The highest BCUT2D eigenvalue weighted by atomic mass is 35.5. The van der Waals surface area contributed by atoms with E-state index < -0.39 is 0 Å². The van der Waals surface area contributed by atoms with Gasteiger partial charge in [0.2, 0.25) is 5.91 Å². The molecule has 1 aromatic carbocycles. The maximum absolute atomic E-state index is 12.0. The zero-order valence-corrected chi connectivity index (χ0v) is 21.2. The third-order valence-corrected chi connectivity index (χ3v) is 6.75. The number of halogens is 1. The average molecular weight is 488 g/mol. The fraction of sp³-hybridized carbons (Fsp3) is 0.538. The van der Waals surface area contributed by atoms with Gasteiger partial charge < -0.3 is 20.6 Å². The summed E-state index contributed by atoms with van der Waals surface area (Å²) in [4.78, 5) is 21.0. The lowest BCUT2D eigenvalue weighted by Gasteiger charge is -2.26. The summed E-state index contributed by atoms with van der Waals surface area (Å²) in [5, 5.41) is 17.7. The van der Waals surface area contributed by atoms with Crippen LogP contribution in [0, 0.1) is 0 Å². The number of allylic oxidation sites excluding steroid dienone is 1. The van der Waals surface area contributed by atoms with E-state index in [1.165, 1.54) is 5.56 Å². The monoisotopic (exact) mass is 487 g/mol. The Morgan fingerprint density at radius 2 is 2.09 bits per heavy atom. The lowest BCUT2D eigenvalue weighted by molar-refractivity contribution is -0.117. The van der Waals surface area contributed by atoms with Crippen molar-refractivity contribution in [3.05, 3.63) is 58.5 Å². The van der Waals surface area contributed by atoms with Gasteiger partial charge in [-0.1, -0.05) is 36.7 Å². The van der Waals surface area contributed by atoms with Crippen LogP contribution in [0.1, 0.15) is 44.6 Å². The second-order valence-electron chi connectivity index (χ2n) is 8.92. The molecule has 7 nitrogen and oxygen atoms in total. The van der Waals surface area contributed by atoms with Crippen molar-refractivity contribution in [2.75, 3.05) is 39.8 Å². The third-order valence-electron chi connectivity index (χ3n) is 6.39. The average Bonchev–Trinajstić information content (AvgIpc) is 3.18. The van der Waals surface area contributed by atoms with E-state index in [9.17, 15) is 9.90 Å². The number of aliphatic hydroxyl groups excluding tert-OH is 1. The predicted molar refractivity (Wildman–Crippen MR) is 139 cm³/mol. The van der Waals surface area contributed by atoms with E-state index in [2.05, 4.69) is 38.4 Å². The summed E-state index contributed by atoms with van der Waals surface area (Å²) in [5.74, 6) is 0.498. The minimum absolute atomic E-state index is 0.133. The fourth-order valence-electron chi connectivity index (χ4n) is 4.49. The fourth-order valence-corrected chi connectivity index (χ4v) is 4.69. The number of likely N-dealkylation sites (N-methyl/N-ethyl adjacent to an activating group) is 1. The van der Waals surface area contributed by atoms with Gasteiger partial charge in [0.1, 0.15) is 0 Å². The van der Waals surface area contributed by atoms with E-state index in [-0.39, 0.29) is 11.7 Å². The van der Waals surface area contributed by atoms with Crippen LogP contribution in [0.5, 0.6) is 0 Å². The first-order chi connectivity index (χ1) is 16.5. The molecule has 1 fully saturated rings. The number of rotatable bonds is 9. The maximum Gasteiger partial charge on any atom is 0.248 e. The molecule has 0 aliphatic carbocycles. The van der Waals surface area contributed by atoms with Crippen LogP contribution in [-0.4, -0.2) is 72.5 Å². The van der Waals surface area contributed by atoms with Gasteiger partial charge in [-0.05, 0) is 56.5 Å². The molecule has 1 unspecified atom stereocenters. The smallest absolute Gasteiger partial charge is 0.248 e. The van der Waals surface area contributed by atoms with Crippen molar-refractivity contribution in [1.29, 1.82) is 0 Å². The van der Waals surface area contributed by atoms with Crippen LogP contribution in [0.4, 0.5) is 0 Å². The summed E-state index contributed by atoms with van der Waals surface area (Å²) < 4.78 is 0. The van der Waals surface area contributed by atoms with Crippen molar-refractivity contribution < 1.29 is 9.90 Å². The van der Waals surface area contributed by atoms with Crippen LogP contribution in [0.3, 0.4) is 0 Å². The highest BCUT2D eigenvalue weighted by Gasteiger charge is 2.20. The normalized spacial score (nSPS) is 19.4. The molecule has 2 aliphatic heterocycles. The molecule has 186 valence electrons. The molecular formula is C26H38ClN5O2. The molecule has 1 aromatic rings. The molecule has 1 saturated heterocycles. The van der Waals surface area contributed by atoms with Crippen LogP contribution in [-0.2, 0) is 11.3 Å². The van der Waals surface area contributed by atoms with Gasteiger partial charge in [-0.15, -0.1) is 0 Å². The van der Waals surface area contributed by atoms with Crippen LogP contribution >= 0.6 is 11.6 Å². The molecule has 2 heterocycles. The molecule has 0 bridgehead atoms. The first kappa shape index (κ1) is 26.3. The van der Waals surface area contributed by atoms with Crippen LogP contribution in [0.15, 0.2) is 52.9 Å². The first-order valence-corrected chi connectivity index (χ1v) is 12.7. The molecule has 8 heteroatoms. The first-order valence-electron chi connectivity index (χ1n) is 12.3. The number of carbonyl (C=O) groups excluding carboxylic acids is 1. The summed E-state index contributed by atoms with van der Waals surface area (Å²) in [5.41, 5.74) is 1.73. The zero-order chi connectivity index (χ0) is 24.3. The van der Waals surface area contributed by atoms with Gasteiger partial charge in [0.25, 0.3) is 0 Å². The lowest BCUT2D eigenvalue weighted by Crippen LogP contribution is -2.41. The second kappa shape index (κ2) is 13.5. The molecule has 2 aliphatic rings. The number of nitrogens with zero attached hydrogens (tertiary/aromatic N) is 3. The number of hydrogen-bond donors (Lipinski definition) is 3. The van der Waals surface area contributed by atoms with Crippen molar-refractivity contribution in [2.45, 2.75) is 51.6 Å². The Balaban J connectivity index is 1.52. The number of carbonyl (C=O) groups is 1. The standard InChI is InChI=1S/C26H38ClN5O2/c1-3-14-32(25-24(33)11-10-20(18-30-25)26(34)28-2)17-13-29-22-8-6-15-31(16-12-22)19-21-7-4-5-9-23(21)27/h4-5,7,9,11,18,22,29,33H,3,6,8,10,12-17,19H2,1-2H3,(H,28,34). The molecule has 0 aromatic heterocycles. The minimum atomic E-state index is -0.172. The van der Waals surface area contributed by atoms with Crippen LogP contribution in [0.25, 0.3) is 0 Å². The molecule has 34 heavy (non-hydrogen) atoms. The minimum Gasteiger partial charge on any atom is -0.504 e. The Kier molecular flexibility index (Phi) is 10.4. The quantitative estimate of drug-likeness (QED) is 0.492. The summed E-state index contributed by atoms with van der Waals surface area (Å²) in [6.45, 7) is 7.49. The maximum atomic E-state index is 12.0. The zero-order valence-electron chi connectivity index (χ0n) is 20.4. The Hall–Kier alpha value is -2.35. The highest BCUT2D eigenvalue weighted by Crippen LogP contribution is 2.20. The number of benzene rings is 1. The number of amides is 1. The van der Waals surface area contributed by atoms with E-state index in [0.29, 0.717) is 23.9 Å². The van der Waals surface area contributed by atoms with E-state index >= 15 is 0 Å². The molecule has 0 saturated carbocycles. The van der Waals surface area contributed by atoms with E-state index in [4.69, 9.17) is 11.6 Å². The van der Waals surface area contributed by atoms with Gasteiger partial charge in [0.05, 0.1) is 0 Å². The predicted octanol–water partition coefficient (Wildman–Crippen LogP) is 3.87. The summed E-state index contributed by atoms with van der Waals surface area (Å²) in [6.07, 6.45) is 7.96. The Morgan fingerprint density at radius 3 is 2.85 bits per heavy atom. The van der Waals surface area contributed by atoms with E-state index in [1.807, 2.05) is 18.2 Å². The Labute approximate surface area is 208 Å². The lowest BCUT2D eigenvalue weighted by atomic mass is 10.1. The number of hydrogen-bond acceptors (Lipinski definition) is 6. The summed E-state index contributed by atoms with van der Waals surface area (Å²) in [7, 11) is 1.60. The van der Waals surface area contributed by atoms with Crippen molar-refractivity contribution in [3.8, 4) is 0 Å². The number of likely N-dealkylation sites (tertiary alicyclic amines) is 1. The molecular weight excluding hydrogens is 450 g/mol. The molecule has 1 amide bonds. The van der Waals surface area contributed by atoms with E-state index in [0.717, 1.165) is 70.0 Å². The van der Waals surface area contributed by atoms with Gasteiger partial charge in [0.15, 0.2) is 11.6 Å². The number of amidine groups is 1.